The molecule has 0 spiro atoms. The van der Waals surface area contributed by atoms with Crippen molar-refractivity contribution >= 4 is 24.5 Å². The van der Waals surface area contributed by atoms with E-state index in [0.29, 0.717) is 0 Å². The van der Waals surface area contributed by atoms with E-state index < -0.39 is 7.74 Å². The molecule has 0 aromatic heterocycles. The third-order valence-electron chi connectivity index (χ3n) is 0.433. The van der Waals surface area contributed by atoms with Crippen LogP contribution in [0.3, 0.4) is 0 Å². The molecule has 3 heteroatoms. The third-order valence-corrected chi connectivity index (χ3v) is 11.7. The van der Waals surface area contributed by atoms with Gasteiger partial charge in [0.2, 0.25) is 0 Å². The molecule has 6 heavy (non-hydrogen) atoms. The van der Waals surface area contributed by atoms with Crippen LogP contribution in [0.4, 0.5) is 0 Å². The van der Waals surface area contributed by atoms with Gasteiger partial charge in [-0.3, -0.25) is 0 Å². The molecule has 0 aliphatic rings. The Kier molecular flexibility index (Phi) is 2.83. The Morgan fingerprint density at radius 3 is 1.50 bits per heavy atom. The van der Waals surface area contributed by atoms with Gasteiger partial charge in [-0.15, -0.1) is 16.7 Å². The van der Waals surface area contributed by atoms with E-state index in [4.69, 9.17) is 0 Å². The van der Waals surface area contributed by atoms with Crippen molar-refractivity contribution in [2.75, 3.05) is 0 Å². The maximum Gasteiger partial charge on any atom is 0.0728 e. The van der Waals surface area contributed by atoms with Gasteiger partial charge in [-0.25, -0.2) is 0 Å². The van der Waals surface area contributed by atoms with Gasteiger partial charge < -0.3 is 0 Å². The second-order valence-electron chi connectivity index (χ2n) is 2.39. The molecule has 0 saturated heterocycles. The Labute approximate surface area is 44.8 Å². The highest BCUT2D eigenvalue weighted by Gasteiger charge is 2.07. The molecule has 38 valence electrons. The van der Waals surface area contributed by atoms with Crippen molar-refractivity contribution < 1.29 is 0 Å². The molecule has 0 heterocycles. The number of hydrogen-bond donors (Lipinski definition) is 0. The van der Waals surface area contributed by atoms with E-state index in [-0.39, 0.29) is 0 Å². The average Bonchev–Trinajstić information content (AvgIpc) is 1.35. The van der Waals surface area contributed by atoms with Gasteiger partial charge in [0.05, 0.1) is 7.74 Å². The van der Waals surface area contributed by atoms with E-state index in [1.54, 1.807) is 0 Å². The summed E-state index contributed by atoms with van der Waals surface area (Å²) >= 11 is 0. The van der Waals surface area contributed by atoms with E-state index in [2.05, 4.69) is 28.6 Å². The van der Waals surface area contributed by atoms with Crippen LogP contribution in [-0.2, 0) is 0 Å². The van der Waals surface area contributed by atoms with Crippen LogP contribution >= 0.6 is 16.7 Å². The summed E-state index contributed by atoms with van der Waals surface area (Å²) in [6, 6.07) is 0. The largest absolute Gasteiger partial charge is 0.119 e. The molecule has 0 nitrogen and oxygen atoms in total. The topological polar surface area (TPSA) is 0 Å². The maximum atomic E-state index is 2.81. The Morgan fingerprint density at radius 1 is 1.33 bits per heavy atom. The average molecular weight is 138 g/mol. The molecule has 0 aliphatic carbocycles. The fraction of sp³-hybridized carbons (Fsp3) is 1.00. The molecule has 0 aromatic carbocycles. The summed E-state index contributed by atoms with van der Waals surface area (Å²) in [6.45, 7) is 7.12. The molecular formula is C3H12P2Si. The van der Waals surface area contributed by atoms with Crippen LogP contribution in [0.1, 0.15) is 0 Å². The minimum Gasteiger partial charge on any atom is -0.119 e. The Morgan fingerprint density at radius 2 is 1.50 bits per heavy atom. The molecule has 0 fully saturated rings. The number of hydrogen-bond acceptors (Lipinski definition) is 0. The number of rotatable bonds is 1. The lowest BCUT2D eigenvalue weighted by Gasteiger charge is -2.09. The van der Waals surface area contributed by atoms with Crippen LogP contribution in [0, 0.1) is 0 Å². The second-order valence-corrected chi connectivity index (χ2v) is 15.1. The van der Waals surface area contributed by atoms with E-state index in [1.165, 1.54) is 0 Å². The highest BCUT2D eigenvalue weighted by molar-refractivity contribution is 8.22. The highest BCUT2D eigenvalue weighted by Crippen LogP contribution is 2.33. The van der Waals surface area contributed by atoms with Crippen molar-refractivity contribution in [3.8, 4) is 0 Å². The molecule has 0 rings (SSSR count). The molecule has 0 aromatic rings. The van der Waals surface area contributed by atoms with Crippen LogP contribution in [0.25, 0.3) is 0 Å². The van der Waals surface area contributed by atoms with Gasteiger partial charge in [0.25, 0.3) is 0 Å². The van der Waals surface area contributed by atoms with Crippen molar-refractivity contribution in [1.29, 1.82) is 0 Å². The normalized spacial score (nSPS) is 14.0. The molecule has 0 aliphatic heterocycles. The summed E-state index contributed by atoms with van der Waals surface area (Å²) in [6.07, 6.45) is 0. The van der Waals surface area contributed by atoms with Gasteiger partial charge in [0.15, 0.2) is 0 Å². The van der Waals surface area contributed by atoms with Gasteiger partial charge in [0.1, 0.15) is 0 Å². The zero-order valence-electron chi connectivity index (χ0n) is 4.58. The molecule has 0 radical (unpaired) electrons. The first-order chi connectivity index (χ1) is 2.56. The van der Waals surface area contributed by atoms with Gasteiger partial charge in [-0.2, -0.15) is 0 Å². The molecule has 0 amide bonds. The first kappa shape index (κ1) is 7.08. The zero-order valence-corrected chi connectivity index (χ0v) is 7.73. The quantitative estimate of drug-likeness (QED) is 0.385. The molecule has 0 saturated carbocycles. The summed E-state index contributed by atoms with van der Waals surface area (Å²) in [7, 11) is 3.30. The summed E-state index contributed by atoms with van der Waals surface area (Å²) in [4.78, 5) is 0. The maximum absolute atomic E-state index is 2.81. The predicted octanol–water partition coefficient (Wildman–Crippen LogP) is 2.29. The lowest BCUT2D eigenvalue weighted by molar-refractivity contribution is 1.88. The van der Waals surface area contributed by atoms with Crippen molar-refractivity contribution in [3.05, 3.63) is 0 Å². The monoisotopic (exact) mass is 138 g/mol. The van der Waals surface area contributed by atoms with E-state index in [0.717, 1.165) is 7.82 Å². The van der Waals surface area contributed by atoms with Crippen LogP contribution < -0.4 is 0 Å². The second kappa shape index (κ2) is 2.40. The zero-order chi connectivity index (χ0) is 5.21. The SMILES string of the molecule is C[Si](C)(C)PP. The first-order valence-corrected chi connectivity index (χ1v) is 9.35. The molecule has 2 atom stereocenters. The molecule has 0 bridgehead atoms. The Bertz CT molecular complexity index is 38.5. The van der Waals surface area contributed by atoms with Crippen molar-refractivity contribution in [2.45, 2.75) is 19.6 Å². The van der Waals surface area contributed by atoms with Gasteiger partial charge >= 0.3 is 0 Å². The summed E-state index contributed by atoms with van der Waals surface area (Å²) in [5, 5.41) is 0. The molecular weight excluding hydrogens is 126 g/mol. The van der Waals surface area contributed by atoms with Crippen LogP contribution in [0.15, 0.2) is 0 Å². The van der Waals surface area contributed by atoms with Crippen LogP contribution in [0.2, 0.25) is 19.6 Å². The predicted molar refractivity (Wildman–Crippen MR) is 41.4 cm³/mol. The van der Waals surface area contributed by atoms with Gasteiger partial charge in [-0.1, -0.05) is 19.6 Å². The lowest BCUT2D eigenvalue weighted by Crippen LogP contribution is -2.07. The molecule has 2 unspecified atom stereocenters. The van der Waals surface area contributed by atoms with Crippen LogP contribution in [-0.4, -0.2) is 7.74 Å². The van der Waals surface area contributed by atoms with E-state index in [9.17, 15) is 0 Å². The third kappa shape index (κ3) is 5.08. The van der Waals surface area contributed by atoms with Crippen molar-refractivity contribution in [2.24, 2.45) is 0 Å². The van der Waals surface area contributed by atoms with E-state index in [1.807, 2.05) is 0 Å². The minimum atomic E-state index is -0.640. The Hall–Kier alpha value is 1.08. The molecule has 0 N–H and O–H groups in total. The summed E-state index contributed by atoms with van der Waals surface area (Å²) in [5.74, 6) is 0. The van der Waals surface area contributed by atoms with Gasteiger partial charge in [0, 0.05) is 0 Å². The van der Waals surface area contributed by atoms with Crippen molar-refractivity contribution in [1.82, 2.24) is 0 Å². The standard InChI is InChI=1S/C3H12P2Si/c1-6(2,3)5-4/h5H,4H2,1-3H3. The summed E-state index contributed by atoms with van der Waals surface area (Å²) in [5.41, 5.74) is 0. The van der Waals surface area contributed by atoms with E-state index >= 15 is 0 Å². The fourth-order valence-electron chi connectivity index (χ4n) is 0. The fourth-order valence-corrected chi connectivity index (χ4v) is 0. The van der Waals surface area contributed by atoms with Crippen molar-refractivity contribution in [3.63, 3.8) is 0 Å². The van der Waals surface area contributed by atoms with Crippen LogP contribution in [0.5, 0.6) is 0 Å². The lowest BCUT2D eigenvalue weighted by atomic mass is 11.8. The highest BCUT2D eigenvalue weighted by atomic mass is 32.1. The smallest absolute Gasteiger partial charge is 0.0728 e. The Balaban J connectivity index is 3.17. The minimum absolute atomic E-state index is 0.640. The van der Waals surface area contributed by atoms with Gasteiger partial charge in [-0.05, 0) is 0 Å². The first-order valence-electron chi connectivity index (χ1n) is 2.04. The summed E-state index contributed by atoms with van der Waals surface area (Å²) < 4.78 is 0.